The van der Waals surface area contributed by atoms with E-state index >= 15 is 0 Å². The van der Waals surface area contributed by atoms with Crippen LogP contribution in [-0.4, -0.2) is 13.1 Å². The van der Waals surface area contributed by atoms with Crippen molar-refractivity contribution in [1.82, 2.24) is 0 Å². The van der Waals surface area contributed by atoms with Gasteiger partial charge in [-0.05, 0) is 0 Å². The van der Waals surface area contributed by atoms with Crippen molar-refractivity contribution in [3.05, 3.63) is 0 Å². The van der Waals surface area contributed by atoms with Crippen molar-refractivity contribution < 1.29 is 26.7 Å². The van der Waals surface area contributed by atoms with Crippen LogP contribution in [0, 0.1) is 0 Å². The van der Waals surface area contributed by atoms with E-state index in [0.29, 0.717) is 6.42 Å². The van der Waals surface area contributed by atoms with E-state index in [2.05, 4.69) is 10.3 Å². The van der Waals surface area contributed by atoms with E-state index in [9.17, 15) is 4.79 Å². The number of carbonyl (C=O) groups is 1. The topological polar surface area (TPSA) is 26.3 Å². The molecule has 0 aliphatic carbocycles. The van der Waals surface area contributed by atoms with E-state index in [4.69, 9.17) is 0 Å². The van der Waals surface area contributed by atoms with Gasteiger partial charge in [-0.3, -0.25) is 0 Å². The van der Waals surface area contributed by atoms with E-state index < -0.39 is 0 Å². The Bertz CT molecular complexity index is 77.4. The standard InChI is InChI=1S/C4H7O2.CH3.BrH.Zn/c1-3-4(5)6-2;;;/h1,3H2,2H3;1H3;1H;. The van der Waals surface area contributed by atoms with Crippen molar-refractivity contribution in [3.8, 4) is 0 Å². The van der Waals surface area contributed by atoms with Crippen LogP contribution in [0.5, 0.6) is 0 Å². The third-order valence-corrected chi connectivity index (χ3v) is 3.19. The van der Waals surface area contributed by atoms with Gasteiger partial charge in [0.2, 0.25) is 0 Å². The van der Waals surface area contributed by atoms with Gasteiger partial charge in [-0.1, -0.05) is 0 Å². The Morgan fingerprint density at radius 1 is 1.67 bits per heavy atom. The molecule has 0 heterocycles. The predicted octanol–water partition coefficient (Wildman–Crippen LogP) is 1.68. The molecule has 0 aliphatic rings. The van der Waals surface area contributed by atoms with Crippen LogP contribution in [0.3, 0.4) is 0 Å². The SMILES string of the molecule is Br.COC(=O)C[CH2][Zn][CH3]. The number of hydrogen-bond donors (Lipinski definition) is 0. The quantitative estimate of drug-likeness (QED) is 0.561. The first-order chi connectivity index (χ1) is 3.81. The van der Waals surface area contributed by atoms with Gasteiger partial charge in [-0.25, -0.2) is 0 Å². The molecule has 4 heteroatoms. The molecule has 0 amide bonds. The normalized spacial score (nSPS) is 6.89. The van der Waals surface area contributed by atoms with Crippen molar-refractivity contribution in [1.29, 1.82) is 0 Å². The van der Waals surface area contributed by atoms with Crippen LogP contribution in [0.15, 0.2) is 0 Å². The fraction of sp³-hybridized carbons (Fsp3) is 0.800. The maximum atomic E-state index is 10.4. The molecule has 0 atom stereocenters. The van der Waals surface area contributed by atoms with E-state index in [1.807, 2.05) is 0 Å². The molecule has 0 saturated heterocycles. The Kier molecular flexibility index (Phi) is 11.7. The third kappa shape index (κ3) is 8.57. The van der Waals surface area contributed by atoms with Crippen molar-refractivity contribution in [2.45, 2.75) is 17.0 Å². The van der Waals surface area contributed by atoms with Crippen LogP contribution < -0.4 is 0 Å². The number of hydrogen-bond acceptors (Lipinski definition) is 2. The summed E-state index contributed by atoms with van der Waals surface area (Å²) in [6.45, 7) is 0. The van der Waals surface area contributed by atoms with Crippen LogP contribution in [0.1, 0.15) is 6.42 Å². The fourth-order valence-corrected chi connectivity index (χ4v) is 1.77. The molecule has 0 aliphatic heterocycles. The minimum atomic E-state index is -0.285. The second-order valence-electron chi connectivity index (χ2n) is 1.68. The number of carbonyl (C=O) groups excluding carboxylic acids is 1. The molecular weight excluding hydrogens is 237 g/mol. The molecule has 0 radical (unpaired) electrons. The van der Waals surface area contributed by atoms with Crippen molar-refractivity contribution >= 4 is 23.0 Å². The first kappa shape index (κ1) is 12.3. The number of halogens is 1. The zero-order valence-electron chi connectivity index (χ0n) is 5.85. The number of ether oxygens (including phenoxy) is 1. The van der Waals surface area contributed by atoms with Gasteiger partial charge in [0.15, 0.2) is 0 Å². The van der Waals surface area contributed by atoms with Gasteiger partial charge in [-0.2, -0.15) is 0 Å². The first-order valence-electron chi connectivity index (χ1n) is 2.88. The molecule has 0 spiro atoms. The van der Waals surface area contributed by atoms with Gasteiger partial charge in [0.25, 0.3) is 0 Å². The second kappa shape index (κ2) is 8.57. The second-order valence-corrected chi connectivity index (χ2v) is 5.26. The summed E-state index contributed by atoms with van der Waals surface area (Å²) in [5.74, 6) is -0.0579. The van der Waals surface area contributed by atoms with Gasteiger partial charge >= 0.3 is 56.7 Å². The van der Waals surface area contributed by atoms with E-state index in [1.54, 1.807) is 0 Å². The maximum absolute atomic E-state index is 10.4. The molecular formula is C5H11BrO2Zn. The van der Waals surface area contributed by atoms with Gasteiger partial charge < -0.3 is 0 Å². The molecule has 52 valence electrons. The summed E-state index contributed by atoms with van der Waals surface area (Å²) in [6, 6.07) is 0. The molecule has 0 aromatic heterocycles. The average Bonchev–Trinajstić information content (AvgIpc) is 1.83. The molecule has 0 fully saturated rings. The monoisotopic (exact) mass is 246 g/mol. The van der Waals surface area contributed by atoms with E-state index in [1.165, 1.54) is 7.11 Å². The third-order valence-electron chi connectivity index (χ3n) is 0.962. The number of esters is 1. The zero-order chi connectivity index (χ0) is 6.41. The fourth-order valence-electron chi connectivity index (χ4n) is 0.423. The van der Waals surface area contributed by atoms with Gasteiger partial charge in [0, 0.05) is 0 Å². The predicted molar refractivity (Wildman–Crippen MR) is 37.6 cm³/mol. The molecule has 0 aromatic rings. The molecule has 0 saturated carbocycles. The number of methoxy groups -OCH3 is 1. The van der Waals surface area contributed by atoms with E-state index in [0.717, 1.165) is 5.02 Å². The molecule has 0 unspecified atom stereocenters. The van der Waals surface area contributed by atoms with Gasteiger partial charge in [-0.15, -0.1) is 17.0 Å². The summed E-state index contributed by atoms with van der Waals surface area (Å²) in [5.41, 5.74) is 2.23. The molecule has 0 bridgehead atoms. The Hall–Kier alpha value is 0.573. The van der Waals surface area contributed by atoms with Crippen molar-refractivity contribution in [2.24, 2.45) is 0 Å². The molecule has 0 N–H and O–H groups in total. The van der Waals surface area contributed by atoms with Crippen LogP contribution in [-0.2, 0) is 26.7 Å². The number of rotatable bonds is 3. The Labute approximate surface area is 73.7 Å². The van der Waals surface area contributed by atoms with Crippen molar-refractivity contribution in [2.75, 3.05) is 7.11 Å². The molecule has 0 aromatic carbocycles. The summed E-state index contributed by atoms with van der Waals surface area (Å²) < 4.78 is 4.44. The van der Waals surface area contributed by atoms with Crippen LogP contribution in [0.25, 0.3) is 0 Å². The van der Waals surface area contributed by atoms with Gasteiger partial charge in [0.1, 0.15) is 0 Å². The summed E-state index contributed by atoms with van der Waals surface area (Å²) in [6.07, 6.45) is 0.646. The van der Waals surface area contributed by atoms with Crippen LogP contribution in [0.2, 0.25) is 10.5 Å². The molecule has 0 rings (SSSR count). The molecule has 9 heavy (non-hydrogen) atoms. The van der Waals surface area contributed by atoms with Crippen LogP contribution >= 0.6 is 17.0 Å². The Balaban J connectivity index is 0. The van der Waals surface area contributed by atoms with Crippen molar-refractivity contribution in [3.63, 3.8) is 0 Å². The molecule has 2 nitrogen and oxygen atoms in total. The summed E-state index contributed by atoms with van der Waals surface area (Å²) in [4.78, 5) is 10.4. The van der Waals surface area contributed by atoms with Gasteiger partial charge in [0.05, 0.1) is 0 Å². The summed E-state index contributed by atoms with van der Waals surface area (Å²) in [5, 5.41) is 1.12. The summed E-state index contributed by atoms with van der Waals surface area (Å²) in [7, 11) is 1.44. The zero-order valence-corrected chi connectivity index (χ0v) is 10.5. The minimum absolute atomic E-state index is 0. The average molecular weight is 248 g/mol. The Morgan fingerprint density at radius 3 is 2.56 bits per heavy atom. The summed E-state index contributed by atoms with van der Waals surface area (Å²) >= 11 is -0.285. The first-order valence-corrected chi connectivity index (χ1v) is 7.94. The van der Waals surface area contributed by atoms with E-state index in [-0.39, 0.29) is 40.1 Å². The van der Waals surface area contributed by atoms with Crippen LogP contribution in [0.4, 0.5) is 0 Å². The Morgan fingerprint density at radius 2 is 2.22 bits per heavy atom.